The van der Waals surface area contributed by atoms with Gasteiger partial charge in [0.25, 0.3) is 0 Å². The molecule has 0 atom stereocenters. The van der Waals surface area contributed by atoms with E-state index in [-0.39, 0.29) is 0 Å². The molecule has 0 N–H and O–H groups in total. The van der Waals surface area contributed by atoms with Crippen molar-refractivity contribution in [2.24, 2.45) is 0 Å². The van der Waals surface area contributed by atoms with E-state index in [9.17, 15) is 8.42 Å². The van der Waals surface area contributed by atoms with Crippen molar-refractivity contribution in [3.63, 3.8) is 0 Å². The quantitative estimate of drug-likeness (QED) is 0.868. The summed E-state index contributed by atoms with van der Waals surface area (Å²) in [4.78, 5) is 4.55. The maximum absolute atomic E-state index is 12.7. The number of fused-ring (bicyclic) bond motifs is 1. The summed E-state index contributed by atoms with van der Waals surface area (Å²) in [5.74, 6) is 0.584. The van der Waals surface area contributed by atoms with Crippen LogP contribution in [-0.2, 0) is 10.0 Å². The zero-order valence-electron chi connectivity index (χ0n) is 11.2. The molecule has 2 aromatic rings. The first kappa shape index (κ1) is 13.3. The summed E-state index contributed by atoms with van der Waals surface area (Å²) in [6, 6.07) is 6.79. The molecule has 1 saturated heterocycles. The highest BCUT2D eigenvalue weighted by molar-refractivity contribution is 7.89. The number of sulfonamides is 1. The van der Waals surface area contributed by atoms with Crippen molar-refractivity contribution in [3.8, 4) is 5.75 Å². The third kappa shape index (κ3) is 2.05. The van der Waals surface area contributed by atoms with Gasteiger partial charge in [-0.15, -0.1) is 0 Å². The SMILES string of the molecule is COc1ccc(S(=O)(=O)N2CCCC2)c2cccnc12. The minimum Gasteiger partial charge on any atom is -0.494 e. The van der Waals surface area contributed by atoms with Crippen molar-refractivity contribution in [1.29, 1.82) is 0 Å². The first-order valence-electron chi connectivity index (χ1n) is 6.56. The van der Waals surface area contributed by atoms with Gasteiger partial charge in [0.05, 0.1) is 12.0 Å². The molecule has 0 unspecified atom stereocenters. The Morgan fingerprint density at radius 2 is 1.95 bits per heavy atom. The second kappa shape index (κ2) is 5.03. The van der Waals surface area contributed by atoms with E-state index < -0.39 is 10.0 Å². The number of hydrogen-bond donors (Lipinski definition) is 0. The summed E-state index contributed by atoms with van der Waals surface area (Å²) in [7, 11) is -1.90. The van der Waals surface area contributed by atoms with Gasteiger partial charge in [0.2, 0.25) is 10.0 Å². The molecule has 6 heteroatoms. The van der Waals surface area contributed by atoms with Gasteiger partial charge < -0.3 is 4.74 Å². The first-order chi connectivity index (χ1) is 9.64. The Labute approximate surface area is 118 Å². The average Bonchev–Trinajstić information content (AvgIpc) is 3.01. The second-order valence-electron chi connectivity index (χ2n) is 4.78. The van der Waals surface area contributed by atoms with Gasteiger partial charge in [0, 0.05) is 24.7 Å². The van der Waals surface area contributed by atoms with E-state index in [1.165, 1.54) is 0 Å². The second-order valence-corrected chi connectivity index (χ2v) is 6.68. The van der Waals surface area contributed by atoms with Gasteiger partial charge in [0.1, 0.15) is 11.3 Å². The van der Waals surface area contributed by atoms with Crippen LogP contribution in [0.5, 0.6) is 5.75 Å². The zero-order valence-corrected chi connectivity index (χ0v) is 12.1. The Hall–Kier alpha value is -1.66. The number of ether oxygens (including phenoxy) is 1. The third-order valence-corrected chi connectivity index (χ3v) is 5.55. The van der Waals surface area contributed by atoms with Gasteiger partial charge in [-0.2, -0.15) is 4.31 Å². The number of pyridine rings is 1. The minimum atomic E-state index is -3.45. The van der Waals surface area contributed by atoms with Crippen LogP contribution >= 0.6 is 0 Å². The summed E-state index contributed by atoms with van der Waals surface area (Å²) in [6.07, 6.45) is 3.48. The van der Waals surface area contributed by atoms with E-state index in [0.717, 1.165) is 12.8 Å². The summed E-state index contributed by atoms with van der Waals surface area (Å²) in [6.45, 7) is 1.19. The Kier molecular flexibility index (Phi) is 3.35. The number of nitrogens with zero attached hydrogens (tertiary/aromatic N) is 2. The lowest BCUT2D eigenvalue weighted by Crippen LogP contribution is -2.28. The van der Waals surface area contributed by atoms with Crippen LogP contribution < -0.4 is 4.74 Å². The molecule has 1 fully saturated rings. The van der Waals surface area contributed by atoms with Crippen LogP contribution in [0.15, 0.2) is 35.4 Å². The normalized spacial score (nSPS) is 16.6. The third-order valence-electron chi connectivity index (χ3n) is 3.60. The van der Waals surface area contributed by atoms with Crippen LogP contribution in [0.25, 0.3) is 10.9 Å². The number of aromatic nitrogens is 1. The molecule has 0 saturated carbocycles. The van der Waals surface area contributed by atoms with E-state index >= 15 is 0 Å². The summed E-state index contributed by atoms with van der Waals surface area (Å²) in [5, 5.41) is 0.610. The molecule has 1 aromatic heterocycles. The van der Waals surface area contributed by atoms with Crippen molar-refractivity contribution in [1.82, 2.24) is 9.29 Å². The predicted octanol–water partition coefficient (Wildman–Crippen LogP) is 2.03. The van der Waals surface area contributed by atoms with Crippen molar-refractivity contribution in [2.75, 3.05) is 20.2 Å². The van der Waals surface area contributed by atoms with E-state index in [2.05, 4.69) is 4.98 Å². The number of methoxy groups -OCH3 is 1. The molecule has 0 aliphatic carbocycles. The highest BCUT2D eigenvalue weighted by atomic mass is 32.2. The highest BCUT2D eigenvalue weighted by Gasteiger charge is 2.29. The molecule has 2 heterocycles. The highest BCUT2D eigenvalue weighted by Crippen LogP contribution is 2.31. The van der Waals surface area contributed by atoms with Crippen molar-refractivity contribution in [2.45, 2.75) is 17.7 Å². The molecule has 0 bridgehead atoms. The van der Waals surface area contributed by atoms with Gasteiger partial charge in [0.15, 0.2) is 0 Å². The molecule has 20 heavy (non-hydrogen) atoms. The van der Waals surface area contributed by atoms with Crippen LogP contribution in [0.4, 0.5) is 0 Å². The number of rotatable bonds is 3. The van der Waals surface area contributed by atoms with Crippen LogP contribution in [0.3, 0.4) is 0 Å². The summed E-state index contributed by atoms with van der Waals surface area (Å²) < 4.78 is 32.2. The Morgan fingerprint density at radius 3 is 2.65 bits per heavy atom. The lowest BCUT2D eigenvalue weighted by molar-refractivity contribution is 0.418. The van der Waals surface area contributed by atoms with Gasteiger partial charge in [-0.25, -0.2) is 8.42 Å². The van der Waals surface area contributed by atoms with Crippen LogP contribution in [0.1, 0.15) is 12.8 Å². The maximum Gasteiger partial charge on any atom is 0.243 e. The fourth-order valence-corrected chi connectivity index (χ4v) is 4.28. The zero-order chi connectivity index (χ0) is 14.2. The standard InChI is InChI=1S/C14H16N2O3S/c1-19-12-6-7-13(11-5-4-8-15-14(11)12)20(17,18)16-9-2-3-10-16/h4-8H,2-3,9-10H2,1H3. The van der Waals surface area contributed by atoms with Crippen LogP contribution in [0, 0.1) is 0 Å². The molecular formula is C14H16N2O3S. The lowest BCUT2D eigenvalue weighted by Gasteiger charge is -2.17. The Bertz CT molecular complexity index is 737. The minimum absolute atomic E-state index is 0.309. The molecule has 1 aliphatic rings. The summed E-state index contributed by atoms with van der Waals surface area (Å²) >= 11 is 0. The van der Waals surface area contributed by atoms with E-state index in [0.29, 0.717) is 34.6 Å². The van der Waals surface area contributed by atoms with Crippen molar-refractivity contribution < 1.29 is 13.2 Å². The molecule has 1 aromatic carbocycles. The largest absolute Gasteiger partial charge is 0.494 e. The topological polar surface area (TPSA) is 59.5 Å². The molecular weight excluding hydrogens is 276 g/mol. The monoisotopic (exact) mass is 292 g/mol. The molecule has 5 nitrogen and oxygen atoms in total. The van der Waals surface area contributed by atoms with Gasteiger partial charge in [-0.05, 0) is 37.1 Å². The fourth-order valence-electron chi connectivity index (χ4n) is 2.58. The van der Waals surface area contributed by atoms with Gasteiger partial charge >= 0.3 is 0 Å². The van der Waals surface area contributed by atoms with Crippen molar-refractivity contribution in [3.05, 3.63) is 30.5 Å². The predicted molar refractivity (Wildman–Crippen MR) is 76.3 cm³/mol. The smallest absolute Gasteiger partial charge is 0.243 e. The Morgan fingerprint density at radius 1 is 1.20 bits per heavy atom. The van der Waals surface area contributed by atoms with Gasteiger partial charge in [-0.1, -0.05) is 0 Å². The first-order valence-corrected chi connectivity index (χ1v) is 8.00. The van der Waals surface area contributed by atoms with Crippen LogP contribution in [-0.4, -0.2) is 37.9 Å². The molecule has 0 spiro atoms. The number of benzene rings is 1. The number of hydrogen-bond acceptors (Lipinski definition) is 4. The average molecular weight is 292 g/mol. The molecule has 0 radical (unpaired) electrons. The fraction of sp³-hybridized carbons (Fsp3) is 0.357. The van der Waals surface area contributed by atoms with Crippen LogP contribution in [0.2, 0.25) is 0 Å². The maximum atomic E-state index is 12.7. The van der Waals surface area contributed by atoms with E-state index in [4.69, 9.17) is 4.74 Å². The molecule has 1 aliphatic heterocycles. The lowest BCUT2D eigenvalue weighted by atomic mass is 10.2. The molecule has 0 amide bonds. The van der Waals surface area contributed by atoms with E-state index in [1.54, 1.807) is 41.9 Å². The van der Waals surface area contributed by atoms with E-state index in [1.807, 2.05) is 0 Å². The molecule has 3 rings (SSSR count). The Balaban J connectivity index is 2.22. The summed E-state index contributed by atoms with van der Waals surface area (Å²) in [5.41, 5.74) is 0.579. The molecule has 106 valence electrons. The van der Waals surface area contributed by atoms with Gasteiger partial charge in [-0.3, -0.25) is 4.98 Å². The van der Waals surface area contributed by atoms with Crippen molar-refractivity contribution >= 4 is 20.9 Å².